The van der Waals surface area contributed by atoms with Crippen LogP contribution in [0.25, 0.3) is 5.69 Å². The van der Waals surface area contributed by atoms with Crippen molar-refractivity contribution in [3.63, 3.8) is 0 Å². The van der Waals surface area contributed by atoms with Gasteiger partial charge in [-0.05, 0) is 24.6 Å². The average Bonchev–Trinajstić information content (AvgIpc) is 2.60. The number of aryl methyl sites for hydroxylation is 1. The van der Waals surface area contributed by atoms with Crippen molar-refractivity contribution in [2.24, 2.45) is 0 Å². The predicted octanol–water partition coefficient (Wildman–Crippen LogP) is 2.67. The number of rotatable bonds is 2. The number of benzene rings is 1. The second-order valence-electron chi connectivity index (χ2n) is 3.31. The number of halogens is 1. The molecule has 3 nitrogen and oxygen atoms in total. The van der Waals surface area contributed by atoms with E-state index < -0.39 is 0 Å². The summed E-state index contributed by atoms with van der Waals surface area (Å²) >= 11 is 5.91. The maximum Gasteiger partial charge on any atom is 0.127 e. The highest BCUT2D eigenvalue weighted by atomic mass is 35.5. The Bertz CT molecular complexity index is 476. The van der Waals surface area contributed by atoms with Gasteiger partial charge in [-0.15, -0.1) is 0 Å². The summed E-state index contributed by atoms with van der Waals surface area (Å²) in [7, 11) is 0. The Kier molecular flexibility index (Phi) is 2.64. The number of anilines is 1. The van der Waals surface area contributed by atoms with Crippen LogP contribution in [0, 0.1) is 0 Å². The molecule has 2 aromatic rings. The van der Waals surface area contributed by atoms with Gasteiger partial charge in [0.15, 0.2) is 0 Å². The molecule has 0 amide bonds. The van der Waals surface area contributed by atoms with Gasteiger partial charge in [0.05, 0.1) is 11.4 Å². The van der Waals surface area contributed by atoms with Gasteiger partial charge in [0.2, 0.25) is 0 Å². The highest BCUT2D eigenvalue weighted by Gasteiger charge is 2.05. The minimum absolute atomic E-state index is 0.633. The van der Waals surface area contributed by atoms with Crippen molar-refractivity contribution in [1.29, 1.82) is 0 Å². The van der Waals surface area contributed by atoms with Gasteiger partial charge in [-0.3, -0.25) is 0 Å². The first-order valence-corrected chi connectivity index (χ1v) is 5.19. The molecule has 0 aliphatic heterocycles. The van der Waals surface area contributed by atoms with Crippen molar-refractivity contribution in [2.75, 3.05) is 5.73 Å². The Morgan fingerprint density at radius 1 is 1.40 bits per heavy atom. The molecule has 0 saturated heterocycles. The normalized spacial score (nSPS) is 10.5. The minimum atomic E-state index is 0.633. The van der Waals surface area contributed by atoms with E-state index in [1.165, 1.54) is 0 Å². The third-order valence-corrected chi connectivity index (χ3v) is 2.44. The summed E-state index contributed by atoms with van der Waals surface area (Å²) in [5.74, 6) is 0.633. The molecule has 0 aliphatic carbocycles. The summed E-state index contributed by atoms with van der Waals surface area (Å²) in [6.07, 6.45) is 0.873. The summed E-state index contributed by atoms with van der Waals surface area (Å²) in [4.78, 5) is 0. The molecule has 1 aromatic carbocycles. The standard InChI is InChI=1S/C11H12ClN3/c1-2-9-7-11(13)15(14-9)10-5-3-4-8(12)6-10/h3-7H,2,13H2,1H3. The van der Waals surface area contributed by atoms with Crippen molar-refractivity contribution in [2.45, 2.75) is 13.3 Å². The fourth-order valence-electron chi connectivity index (χ4n) is 1.43. The zero-order valence-corrected chi connectivity index (χ0v) is 9.20. The highest BCUT2D eigenvalue weighted by molar-refractivity contribution is 6.30. The van der Waals surface area contributed by atoms with Crippen molar-refractivity contribution in [3.05, 3.63) is 41.0 Å². The Morgan fingerprint density at radius 2 is 2.20 bits per heavy atom. The molecule has 0 radical (unpaired) electrons. The van der Waals surface area contributed by atoms with E-state index >= 15 is 0 Å². The SMILES string of the molecule is CCc1cc(N)n(-c2cccc(Cl)c2)n1. The fourth-order valence-corrected chi connectivity index (χ4v) is 1.62. The van der Waals surface area contributed by atoms with Crippen molar-refractivity contribution in [3.8, 4) is 5.69 Å². The van der Waals surface area contributed by atoms with Crippen LogP contribution in [0.5, 0.6) is 0 Å². The van der Waals surface area contributed by atoms with E-state index in [1.54, 1.807) is 4.68 Å². The molecule has 0 spiro atoms. The first-order chi connectivity index (χ1) is 7.20. The monoisotopic (exact) mass is 221 g/mol. The second-order valence-corrected chi connectivity index (χ2v) is 3.74. The minimum Gasteiger partial charge on any atom is -0.384 e. The van der Waals surface area contributed by atoms with Gasteiger partial charge >= 0.3 is 0 Å². The Balaban J connectivity index is 2.48. The molecule has 15 heavy (non-hydrogen) atoms. The van der Waals surface area contributed by atoms with Crippen LogP contribution in [-0.4, -0.2) is 9.78 Å². The van der Waals surface area contributed by atoms with Crippen LogP contribution < -0.4 is 5.73 Å². The lowest BCUT2D eigenvalue weighted by molar-refractivity contribution is 0.849. The average molecular weight is 222 g/mol. The quantitative estimate of drug-likeness (QED) is 0.848. The third kappa shape index (κ3) is 1.97. The largest absolute Gasteiger partial charge is 0.384 e. The molecule has 0 bridgehead atoms. The van der Waals surface area contributed by atoms with Gasteiger partial charge in [-0.2, -0.15) is 5.10 Å². The van der Waals surface area contributed by atoms with Crippen molar-refractivity contribution in [1.82, 2.24) is 9.78 Å². The second kappa shape index (κ2) is 3.95. The van der Waals surface area contributed by atoms with Crippen LogP contribution in [0.15, 0.2) is 30.3 Å². The topological polar surface area (TPSA) is 43.8 Å². The van der Waals surface area contributed by atoms with Crippen LogP contribution in [0.2, 0.25) is 5.02 Å². The predicted molar refractivity (Wildman–Crippen MR) is 62.4 cm³/mol. The van der Waals surface area contributed by atoms with Gasteiger partial charge in [0, 0.05) is 11.1 Å². The first-order valence-electron chi connectivity index (χ1n) is 4.81. The molecule has 0 atom stereocenters. The number of nitrogen functional groups attached to an aromatic ring is 1. The summed E-state index contributed by atoms with van der Waals surface area (Å²) < 4.78 is 1.70. The lowest BCUT2D eigenvalue weighted by atomic mass is 10.3. The van der Waals surface area contributed by atoms with Crippen LogP contribution >= 0.6 is 11.6 Å². The van der Waals surface area contributed by atoms with E-state index in [4.69, 9.17) is 17.3 Å². The molecular weight excluding hydrogens is 210 g/mol. The molecule has 0 fully saturated rings. The molecule has 78 valence electrons. The van der Waals surface area contributed by atoms with E-state index in [2.05, 4.69) is 5.10 Å². The smallest absolute Gasteiger partial charge is 0.127 e. The van der Waals surface area contributed by atoms with Gasteiger partial charge in [0.1, 0.15) is 5.82 Å². The molecule has 0 saturated carbocycles. The lowest BCUT2D eigenvalue weighted by Gasteiger charge is -2.03. The van der Waals surface area contributed by atoms with E-state index in [0.29, 0.717) is 10.8 Å². The molecule has 2 N–H and O–H groups in total. The van der Waals surface area contributed by atoms with Crippen molar-refractivity contribution < 1.29 is 0 Å². The van der Waals surface area contributed by atoms with E-state index in [9.17, 15) is 0 Å². The number of hydrogen-bond acceptors (Lipinski definition) is 2. The van der Waals surface area contributed by atoms with Gasteiger partial charge in [-0.25, -0.2) is 4.68 Å². The van der Waals surface area contributed by atoms with E-state index in [1.807, 2.05) is 37.3 Å². The zero-order chi connectivity index (χ0) is 10.8. The van der Waals surface area contributed by atoms with Crippen LogP contribution in [0.4, 0.5) is 5.82 Å². The highest BCUT2D eigenvalue weighted by Crippen LogP contribution is 2.18. The van der Waals surface area contributed by atoms with E-state index in [-0.39, 0.29) is 0 Å². The zero-order valence-electron chi connectivity index (χ0n) is 8.44. The number of nitrogens with zero attached hydrogens (tertiary/aromatic N) is 2. The molecule has 1 heterocycles. The Hall–Kier alpha value is -1.48. The van der Waals surface area contributed by atoms with Crippen LogP contribution in [0.1, 0.15) is 12.6 Å². The molecule has 0 aliphatic rings. The summed E-state index contributed by atoms with van der Waals surface area (Å²) in [6.45, 7) is 2.05. The maximum absolute atomic E-state index is 5.91. The molecular formula is C11H12ClN3. The maximum atomic E-state index is 5.91. The van der Waals surface area contributed by atoms with Crippen LogP contribution in [-0.2, 0) is 6.42 Å². The molecule has 2 rings (SSSR count). The molecule has 4 heteroatoms. The summed E-state index contributed by atoms with van der Waals surface area (Å²) in [6, 6.07) is 9.34. The Labute approximate surface area is 93.5 Å². The summed E-state index contributed by atoms with van der Waals surface area (Å²) in [5, 5.41) is 5.05. The van der Waals surface area contributed by atoms with E-state index in [0.717, 1.165) is 17.8 Å². The van der Waals surface area contributed by atoms with Gasteiger partial charge in [-0.1, -0.05) is 24.6 Å². The number of nitrogens with two attached hydrogens (primary N) is 1. The van der Waals surface area contributed by atoms with Gasteiger partial charge in [0.25, 0.3) is 0 Å². The van der Waals surface area contributed by atoms with Crippen LogP contribution in [0.3, 0.4) is 0 Å². The van der Waals surface area contributed by atoms with Gasteiger partial charge < -0.3 is 5.73 Å². The Morgan fingerprint density at radius 3 is 2.80 bits per heavy atom. The number of hydrogen-bond donors (Lipinski definition) is 1. The molecule has 0 unspecified atom stereocenters. The third-order valence-electron chi connectivity index (χ3n) is 2.20. The van der Waals surface area contributed by atoms with Crippen molar-refractivity contribution >= 4 is 17.4 Å². The number of aromatic nitrogens is 2. The fraction of sp³-hybridized carbons (Fsp3) is 0.182. The molecule has 1 aromatic heterocycles. The lowest BCUT2D eigenvalue weighted by Crippen LogP contribution is -2.01. The summed E-state index contributed by atoms with van der Waals surface area (Å²) in [5.41, 5.74) is 7.72. The first kappa shape index (κ1) is 10.1.